The van der Waals surface area contributed by atoms with Crippen molar-refractivity contribution in [2.75, 3.05) is 11.1 Å². The summed E-state index contributed by atoms with van der Waals surface area (Å²) < 4.78 is 42.7. The average molecular weight is 534 g/mol. The fourth-order valence-electron chi connectivity index (χ4n) is 4.96. The number of nitrogens with zero attached hydrogens (tertiary/aromatic N) is 7. The van der Waals surface area contributed by atoms with E-state index >= 15 is 0 Å². The lowest BCUT2D eigenvalue weighted by molar-refractivity contribution is -0.137. The lowest BCUT2D eigenvalue weighted by Gasteiger charge is -2.22. The molecule has 0 aliphatic heterocycles. The van der Waals surface area contributed by atoms with E-state index in [-0.39, 0.29) is 23.2 Å². The molecule has 13 heteroatoms. The van der Waals surface area contributed by atoms with Crippen LogP contribution >= 0.6 is 0 Å². The molecule has 3 N–H and O–H groups in total. The second-order valence-electron chi connectivity index (χ2n) is 9.32. The summed E-state index contributed by atoms with van der Waals surface area (Å²) in [6, 6.07) is 8.06. The van der Waals surface area contributed by atoms with Gasteiger partial charge in [0.1, 0.15) is 23.7 Å². The molecule has 0 saturated heterocycles. The fraction of sp³-hybridized carbons (Fsp3) is 0.231. The van der Waals surface area contributed by atoms with Crippen LogP contribution in [0.25, 0.3) is 22.3 Å². The molecule has 4 aromatic heterocycles. The van der Waals surface area contributed by atoms with Gasteiger partial charge in [-0.1, -0.05) is 12.1 Å². The number of nitrogen functional groups attached to an aromatic ring is 1. The van der Waals surface area contributed by atoms with Crippen molar-refractivity contribution in [1.29, 1.82) is 0 Å². The van der Waals surface area contributed by atoms with Crippen molar-refractivity contribution in [2.24, 2.45) is 7.05 Å². The van der Waals surface area contributed by atoms with Crippen LogP contribution in [-0.4, -0.2) is 40.4 Å². The number of pyridine rings is 1. The van der Waals surface area contributed by atoms with Gasteiger partial charge in [-0.15, -0.1) is 0 Å². The second kappa shape index (κ2) is 9.19. The third-order valence-corrected chi connectivity index (χ3v) is 6.75. The van der Waals surface area contributed by atoms with E-state index in [4.69, 9.17) is 10.8 Å². The Morgan fingerprint density at radius 1 is 1.10 bits per heavy atom. The SMILES string of the molecule is Cn1cc2c(n1)CCCC2n1nc(-c2ccc(C(=O)Nc3cc(C(F)(F)F)ccn3)cc2)c2c(N)ncnc21. The molecule has 1 atom stereocenters. The number of nitrogens with one attached hydrogen (secondary N) is 1. The van der Waals surface area contributed by atoms with Crippen molar-refractivity contribution >= 4 is 28.6 Å². The summed E-state index contributed by atoms with van der Waals surface area (Å²) in [5.74, 6) is -0.519. The molecule has 10 nitrogen and oxygen atoms in total. The fourth-order valence-corrected chi connectivity index (χ4v) is 4.96. The molecular weight excluding hydrogens is 511 g/mol. The molecule has 1 aliphatic rings. The van der Waals surface area contributed by atoms with E-state index in [1.54, 1.807) is 28.9 Å². The van der Waals surface area contributed by atoms with Crippen molar-refractivity contribution in [3.63, 3.8) is 0 Å². The molecule has 0 saturated carbocycles. The maximum atomic E-state index is 13.0. The predicted molar refractivity (Wildman–Crippen MR) is 137 cm³/mol. The first-order valence-electron chi connectivity index (χ1n) is 12.1. The first-order chi connectivity index (χ1) is 18.7. The number of halogens is 3. The van der Waals surface area contributed by atoms with Crippen molar-refractivity contribution in [1.82, 2.24) is 34.5 Å². The summed E-state index contributed by atoms with van der Waals surface area (Å²) in [6.45, 7) is 0. The van der Waals surface area contributed by atoms with Gasteiger partial charge in [0.05, 0.1) is 22.7 Å². The molecule has 6 rings (SSSR count). The number of benzene rings is 1. The summed E-state index contributed by atoms with van der Waals surface area (Å²) in [7, 11) is 1.89. The molecule has 1 unspecified atom stereocenters. The van der Waals surface area contributed by atoms with Crippen LogP contribution in [0.1, 0.15) is 46.1 Å². The summed E-state index contributed by atoms with van der Waals surface area (Å²) in [4.78, 5) is 25.2. The topological polar surface area (TPSA) is 129 Å². The van der Waals surface area contributed by atoms with Gasteiger partial charge in [0.2, 0.25) is 0 Å². The largest absolute Gasteiger partial charge is 0.416 e. The molecule has 1 aliphatic carbocycles. The van der Waals surface area contributed by atoms with Gasteiger partial charge < -0.3 is 11.1 Å². The van der Waals surface area contributed by atoms with Gasteiger partial charge in [0, 0.05) is 36.1 Å². The number of anilines is 2. The first-order valence-corrected chi connectivity index (χ1v) is 12.1. The van der Waals surface area contributed by atoms with Crippen LogP contribution in [-0.2, 0) is 19.6 Å². The van der Waals surface area contributed by atoms with Crippen molar-refractivity contribution in [3.8, 4) is 11.3 Å². The normalized spacial score (nSPS) is 15.3. The molecule has 198 valence electrons. The van der Waals surface area contributed by atoms with E-state index in [0.29, 0.717) is 22.3 Å². The molecule has 0 radical (unpaired) electrons. The number of carbonyl (C=O) groups excluding carboxylic acids is 1. The smallest absolute Gasteiger partial charge is 0.383 e. The number of nitrogens with two attached hydrogens (primary N) is 1. The van der Waals surface area contributed by atoms with Crippen LogP contribution in [0.2, 0.25) is 0 Å². The average Bonchev–Trinajstić information content (AvgIpc) is 3.49. The number of aryl methyl sites for hydroxylation is 2. The predicted octanol–water partition coefficient (Wildman–Crippen LogP) is 4.40. The van der Waals surface area contributed by atoms with Gasteiger partial charge in [-0.05, 0) is 43.5 Å². The summed E-state index contributed by atoms with van der Waals surface area (Å²) in [6.07, 6.45) is 2.58. The van der Waals surface area contributed by atoms with Gasteiger partial charge >= 0.3 is 6.18 Å². The Kier molecular flexibility index (Phi) is 5.78. The third-order valence-electron chi connectivity index (χ3n) is 6.75. The summed E-state index contributed by atoms with van der Waals surface area (Å²) in [5, 5.41) is 12.5. The van der Waals surface area contributed by atoms with Crippen LogP contribution in [0.4, 0.5) is 24.8 Å². The van der Waals surface area contributed by atoms with Gasteiger partial charge in [-0.3, -0.25) is 9.48 Å². The zero-order valence-electron chi connectivity index (χ0n) is 20.6. The molecule has 39 heavy (non-hydrogen) atoms. The van der Waals surface area contributed by atoms with Crippen molar-refractivity contribution in [3.05, 3.63) is 77.5 Å². The lowest BCUT2D eigenvalue weighted by Crippen LogP contribution is -2.18. The summed E-state index contributed by atoms with van der Waals surface area (Å²) in [5.41, 5.74) is 9.56. The lowest BCUT2D eigenvalue weighted by atomic mass is 9.93. The highest BCUT2D eigenvalue weighted by Gasteiger charge is 2.31. The zero-order valence-corrected chi connectivity index (χ0v) is 20.6. The number of hydrogen-bond acceptors (Lipinski definition) is 7. The van der Waals surface area contributed by atoms with Gasteiger partial charge in [0.15, 0.2) is 5.65 Å². The van der Waals surface area contributed by atoms with Crippen LogP contribution in [0.3, 0.4) is 0 Å². The Bertz CT molecular complexity index is 1710. The van der Waals surface area contributed by atoms with Crippen LogP contribution in [0.15, 0.2) is 55.1 Å². The first kappa shape index (κ1) is 24.5. The number of hydrogen-bond donors (Lipinski definition) is 2. The number of rotatable bonds is 4. The third kappa shape index (κ3) is 4.45. The highest BCUT2D eigenvalue weighted by atomic mass is 19.4. The van der Waals surface area contributed by atoms with E-state index < -0.39 is 17.6 Å². The standard InChI is InChI=1S/C26H22F3N9O/c1-37-12-17-18(35-37)3-2-4-19(17)38-24-21(23(30)32-13-33-24)22(36-38)14-5-7-15(8-6-14)25(39)34-20-11-16(9-10-31-20)26(27,28)29/h5-13,19H,2-4H2,1H3,(H2,30,32,33)(H,31,34,39). The van der Waals surface area contributed by atoms with E-state index in [1.807, 2.05) is 17.9 Å². The number of carbonyl (C=O) groups is 1. The van der Waals surface area contributed by atoms with E-state index in [9.17, 15) is 18.0 Å². The van der Waals surface area contributed by atoms with Gasteiger partial charge in [-0.25, -0.2) is 19.6 Å². The van der Waals surface area contributed by atoms with Crippen molar-refractivity contribution in [2.45, 2.75) is 31.5 Å². The minimum Gasteiger partial charge on any atom is -0.383 e. The number of amides is 1. The van der Waals surface area contributed by atoms with Crippen LogP contribution in [0, 0.1) is 0 Å². The maximum absolute atomic E-state index is 13.0. The molecule has 1 amide bonds. The molecular formula is C26H22F3N9O. The van der Waals surface area contributed by atoms with E-state index in [0.717, 1.165) is 48.8 Å². The molecule has 5 aromatic rings. The second-order valence-corrected chi connectivity index (χ2v) is 9.32. The Morgan fingerprint density at radius 2 is 1.90 bits per heavy atom. The number of fused-ring (bicyclic) bond motifs is 2. The molecule has 0 bridgehead atoms. The monoisotopic (exact) mass is 533 g/mol. The molecule has 1 aromatic carbocycles. The van der Waals surface area contributed by atoms with E-state index in [1.165, 1.54) is 6.33 Å². The molecule has 0 fully saturated rings. The summed E-state index contributed by atoms with van der Waals surface area (Å²) >= 11 is 0. The van der Waals surface area contributed by atoms with Crippen LogP contribution < -0.4 is 11.1 Å². The van der Waals surface area contributed by atoms with Crippen LogP contribution in [0.5, 0.6) is 0 Å². The molecule has 4 heterocycles. The highest BCUT2D eigenvalue weighted by molar-refractivity contribution is 6.04. The Balaban J connectivity index is 1.33. The van der Waals surface area contributed by atoms with Gasteiger partial charge in [0.25, 0.3) is 5.91 Å². The number of alkyl halides is 3. The quantitative estimate of drug-likeness (QED) is 0.350. The minimum atomic E-state index is -4.54. The maximum Gasteiger partial charge on any atom is 0.416 e. The van der Waals surface area contributed by atoms with Gasteiger partial charge in [-0.2, -0.15) is 23.4 Å². The zero-order chi connectivity index (χ0) is 27.3. The van der Waals surface area contributed by atoms with Crippen molar-refractivity contribution < 1.29 is 18.0 Å². The highest BCUT2D eigenvalue weighted by Crippen LogP contribution is 2.37. The number of aromatic nitrogens is 7. The Morgan fingerprint density at radius 3 is 2.67 bits per heavy atom. The van der Waals surface area contributed by atoms with E-state index in [2.05, 4.69) is 25.4 Å². The minimum absolute atomic E-state index is 0.0713. The molecule has 0 spiro atoms. The Labute approximate surface area is 219 Å². The Hall–Kier alpha value is -4.81.